The second kappa shape index (κ2) is 6.48. The lowest BCUT2D eigenvalue weighted by molar-refractivity contribution is 0.497. The lowest BCUT2D eigenvalue weighted by Crippen LogP contribution is -2.40. The molecule has 0 radical (unpaired) electrons. The molecule has 1 unspecified atom stereocenters. The largest absolute Gasteiger partial charge is 0.358 e. The molecule has 3 aromatic rings. The fourth-order valence-electron chi connectivity index (χ4n) is 2.87. The zero-order valence-electron chi connectivity index (χ0n) is 12.7. The first kappa shape index (κ1) is 14.4. The van der Waals surface area contributed by atoms with Gasteiger partial charge < -0.3 is 10.6 Å². The third-order valence-corrected chi connectivity index (χ3v) is 5.04. The standard InChI is InChI=1S/C18H18N4S/c1-2-6-13(7-3-1)17-21-22-18(23-17)20-12-16-10-14-8-4-5-9-15(14)11-19-16/h1-9,16,19H,10-12H2,(H,20,22). The summed E-state index contributed by atoms with van der Waals surface area (Å²) in [6, 6.07) is 19.2. The molecule has 0 fully saturated rings. The maximum atomic E-state index is 4.27. The molecule has 2 N–H and O–H groups in total. The van der Waals surface area contributed by atoms with Gasteiger partial charge in [-0.05, 0) is 17.5 Å². The van der Waals surface area contributed by atoms with Crippen LogP contribution in [0, 0.1) is 0 Å². The van der Waals surface area contributed by atoms with Crippen LogP contribution < -0.4 is 10.6 Å². The molecule has 0 spiro atoms. The molecular formula is C18H18N4S. The number of nitrogens with zero attached hydrogens (tertiary/aromatic N) is 2. The smallest absolute Gasteiger partial charge is 0.206 e. The van der Waals surface area contributed by atoms with Crippen molar-refractivity contribution in [3.8, 4) is 10.6 Å². The van der Waals surface area contributed by atoms with Crippen molar-refractivity contribution in [1.82, 2.24) is 15.5 Å². The summed E-state index contributed by atoms with van der Waals surface area (Å²) in [5, 5.41) is 17.4. The van der Waals surface area contributed by atoms with Gasteiger partial charge in [-0.25, -0.2) is 0 Å². The zero-order chi connectivity index (χ0) is 15.5. The third kappa shape index (κ3) is 3.25. The average Bonchev–Trinajstić information content (AvgIpc) is 3.10. The van der Waals surface area contributed by atoms with E-state index in [9.17, 15) is 0 Å². The first-order valence-corrected chi connectivity index (χ1v) is 8.63. The van der Waals surface area contributed by atoms with Gasteiger partial charge in [-0.1, -0.05) is 65.9 Å². The Bertz CT molecular complexity index is 784. The molecular weight excluding hydrogens is 304 g/mol. The molecule has 1 aromatic heterocycles. The number of hydrogen-bond acceptors (Lipinski definition) is 5. The van der Waals surface area contributed by atoms with Crippen LogP contribution in [0.4, 0.5) is 5.13 Å². The van der Waals surface area contributed by atoms with E-state index in [1.165, 1.54) is 11.1 Å². The lowest BCUT2D eigenvalue weighted by atomic mass is 9.96. The molecule has 1 aliphatic heterocycles. The minimum atomic E-state index is 0.425. The molecule has 1 atom stereocenters. The molecule has 0 saturated heterocycles. The number of aromatic nitrogens is 2. The molecule has 0 aliphatic carbocycles. The molecule has 23 heavy (non-hydrogen) atoms. The summed E-state index contributed by atoms with van der Waals surface area (Å²) < 4.78 is 0. The molecule has 116 valence electrons. The van der Waals surface area contributed by atoms with E-state index in [0.717, 1.165) is 35.2 Å². The highest BCUT2D eigenvalue weighted by molar-refractivity contribution is 7.18. The maximum Gasteiger partial charge on any atom is 0.206 e. The molecule has 1 aliphatic rings. The molecule has 2 aromatic carbocycles. The van der Waals surface area contributed by atoms with E-state index in [0.29, 0.717) is 6.04 Å². The van der Waals surface area contributed by atoms with Crippen molar-refractivity contribution in [3.05, 3.63) is 65.7 Å². The second-order valence-corrected chi connectivity index (χ2v) is 6.69. The number of fused-ring (bicyclic) bond motifs is 1. The highest BCUT2D eigenvalue weighted by Crippen LogP contribution is 2.26. The zero-order valence-corrected chi connectivity index (χ0v) is 13.5. The van der Waals surface area contributed by atoms with Gasteiger partial charge in [0.05, 0.1) is 0 Å². The van der Waals surface area contributed by atoms with E-state index in [1.807, 2.05) is 18.2 Å². The summed E-state index contributed by atoms with van der Waals surface area (Å²) in [7, 11) is 0. The Kier molecular flexibility index (Phi) is 4.05. The van der Waals surface area contributed by atoms with Crippen LogP contribution in [-0.2, 0) is 13.0 Å². The van der Waals surface area contributed by atoms with Crippen molar-refractivity contribution in [3.63, 3.8) is 0 Å². The molecule has 0 bridgehead atoms. The monoisotopic (exact) mass is 322 g/mol. The predicted octanol–water partition coefficient (Wildman–Crippen LogP) is 3.33. The molecule has 2 heterocycles. The van der Waals surface area contributed by atoms with Crippen molar-refractivity contribution >= 4 is 16.5 Å². The fourth-order valence-corrected chi connectivity index (χ4v) is 3.62. The number of hydrogen-bond donors (Lipinski definition) is 2. The Morgan fingerprint density at radius 1 is 1.00 bits per heavy atom. The summed E-state index contributed by atoms with van der Waals surface area (Å²) >= 11 is 1.60. The maximum absolute atomic E-state index is 4.27. The normalized spacial score (nSPS) is 16.8. The van der Waals surface area contributed by atoms with Crippen molar-refractivity contribution < 1.29 is 0 Å². The van der Waals surface area contributed by atoms with E-state index < -0.39 is 0 Å². The lowest BCUT2D eigenvalue weighted by Gasteiger charge is -2.26. The number of nitrogens with one attached hydrogen (secondary N) is 2. The quantitative estimate of drug-likeness (QED) is 0.773. The highest BCUT2D eigenvalue weighted by Gasteiger charge is 2.17. The second-order valence-electron chi connectivity index (χ2n) is 5.71. The van der Waals surface area contributed by atoms with Crippen LogP contribution in [0.1, 0.15) is 11.1 Å². The van der Waals surface area contributed by atoms with Crippen LogP contribution >= 0.6 is 11.3 Å². The van der Waals surface area contributed by atoms with Crippen LogP contribution in [0.25, 0.3) is 10.6 Å². The predicted molar refractivity (Wildman–Crippen MR) is 94.6 cm³/mol. The van der Waals surface area contributed by atoms with Gasteiger partial charge in [0.25, 0.3) is 0 Å². The SMILES string of the molecule is c1ccc(-c2nnc(NCC3Cc4ccccc4CN3)s2)cc1. The van der Waals surface area contributed by atoms with Crippen LogP contribution in [0.3, 0.4) is 0 Å². The molecule has 4 nitrogen and oxygen atoms in total. The van der Waals surface area contributed by atoms with Crippen molar-refractivity contribution in [2.45, 2.75) is 19.0 Å². The molecule has 5 heteroatoms. The van der Waals surface area contributed by atoms with Gasteiger partial charge in [0, 0.05) is 24.7 Å². The highest BCUT2D eigenvalue weighted by atomic mass is 32.1. The van der Waals surface area contributed by atoms with Gasteiger partial charge in [0.1, 0.15) is 5.01 Å². The Morgan fingerprint density at radius 2 is 1.78 bits per heavy atom. The summed E-state index contributed by atoms with van der Waals surface area (Å²) in [4.78, 5) is 0. The van der Waals surface area contributed by atoms with E-state index >= 15 is 0 Å². The fraction of sp³-hybridized carbons (Fsp3) is 0.222. The number of rotatable bonds is 4. The Morgan fingerprint density at radius 3 is 2.65 bits per heavy atom. The van der Waals surface area contributed by atoms with Crippen molar-refractivity contribution in [2.75, 3.05) is 11.9 Å². The first-order valence-electron chi connectivity index (χ1n) is 7.81. The van der Waals surface area contributed by atoms with Crippen molar-refractivity contribution in [1.29, 1.82) is 0 Å². The van der Waals surface area contributed by atoms with Gasteiger partial charge in [0.2, 0.25) is 5.13 Å². The number of benzene rings is 2. The van der Waals surface area contributed by atoms with Gasteiger partial charge in [0.15, 0.2) is 0 Å². The van der Waals surface area contributed by atoms with E-state index in [1.54, 1.807) is 11.3 Å². The van der Waals surface area contributed by atoms with Crippen LogP contribution in [0.15, 0.2) is 54.6 Å². The third-order valence-electron chi connectivity index (χ3n) is 4.11. The molecule has 0 saturated carbocycles. The van der Waals surface area contributed by atoms with E-state index in [-0.39, 0.29) is 0 Å². The van der Waals surface area contributed by atoms with Crippen LogP contribution in [0.2, 0.25) is 0 Å². The Balaban J connectivity index is 1.38. The first-order chi connectivity index (χ1) is 11.4. The average molecular weight is 322 g/mol. The van der Waals surface area contributed by atoms with Gasteiger partial charge in [-0.2, -0.15) is 0 Å². The number of anilines is 1. The summed E-state index contributed by atoms with van der Waals surface area (Å²) in [6.07, 6.45) is 1.05. The minimum Gasteiger partial charge on any atom is -0.358 e. The Labute approximate surface area is 139 Å². The summed E-state index contributed by atoms with van der Waals surface area (Å²) in [5.41, 5.74) is 3.97. The Hall–Kier alpha value is -2.24. The summed E-state index contributed by atoms with van der Waals surface area (Å²) in [5.74, 6) is 0. The van der Waals surface area contributed by atoms with Gasteiger partial charge in [-0.15, -0.1) is 10.2 Å². The van der Waals surface area contributed by atoms with E-state index in [2.05, 4.69) is 57.2 Å². The van der Waals surface area contributed by atoms with Crippen LogP contribution in [-0.4, -0.2) is 22.8 Å². The van der Waals surface area contributed by atoms with Crippen LogP contribution in [0.5, 0.6) is 0 Å². The van der Waals surface area contributed by atoms with E-state index in [4.69, 9.17) is 0 Å². The molecule has 0 amide bonds. The topological polar surface area (TPSA) is 49.8 Å². The van der Waals surface area contributed by atoms with Gasteiger partial charge >= 0.3 is 0 Å². The molecule has 4 rings (SSSR count). The van der Waals surface area contributed by atoms with Gasteiger partial charge in [-0.3, -0.25) is 0 Å². The summed E-state index contributed by atoms with van der Waals surface area (Å²) in [6.45, 7) is 1.80. The minimum absolute atomic E-state index is 0.425. The van der Waals surface area contributed by atoms with Crippen molar-refractivity contribution in [2.24, 2.45) is 0 Å².